The van der Waals surface area contributed by atoms with E-state index in [-0.39, 0.29) is 17.9 Å². The van der Waals surface area contributed by atoms with Crippen LogP contribution in [0.25, 0.3) is 0 Å². The van der Waals surface area contributed by atoms with Gasteiger partial charge in [0.25, 0.3) is 0 Å². The summed E-state index contributed by atoms with van der Waals surface area (Å²) in [5, 5.41) is 0. The maximum atomic E-state index is 12.1. The van der Waals surface area contributed by atoms with Crippen molar-refractivity contribution in [2.24, 2.45) is 0 Å². The van der Waals surface area contributed by atoms with Crippen LogP contribution in [0.5, 0.6) is 0 Å². The van der Waals surface area contributed by atoms with Crippen LogP contribution < -0.4 is 0 Å². The second-order valence-corrected chi connectivity index (χ2v) is 6.04. The molecular weight excluding hydrogens is 300 g/mol. The standard InChI is InChI=1S/C20H18N2O2/c1-24-20(23)18-12-21-13-22(18)19-16-10-6-5-9-15(16)11-17(19)14-7-3-2-4-8-14/h2-10,12-13,17,19H,11H2,1H3/t17-,19+/m0/s1. The molecule has 0 unspecified atom stereocenters. The predicted octanol–water partition coefficient (Wildman–Crippen LogP) is 3.60. The van der Waals surface area contributed by atoms with Gasteiger partial charge in [-0.1, -0.05) is 54.6 Å². The number of methoxy groups -OCH3 is 1. The van der Waals surface area contributed by atoms with Crippen molar-refractivity contribution in [3.05, 3.63) is 89.5 Å². The molecule has 0 amide bonds. The monoisotopic (exact) mass is 318 g/mol. The Morgan fingerprint density at radius 1 is 1.12 bits per heavy atom. The number of nitrogens with zero attached hydrogens (tertiary/aromatic N) is 2. The highest BCUT2D eigenvalue weighted by Gasteiger charge is 2.36. The zero-order chi connectivity index (χ0) is 16.5. The van der Waals surface area contributed by atoms with Gasteiger partial charge in [0.15, 0.2) is 0 Å². The first-order valence-electron chi connectivity index (χ1n) is 8.02. The molecule has 0 saturated heterocycles. The molecule has 1 aliphatic carbocycles. The summed E-state index contributed by atoms with van der Waals surface area (Å²) in [6.07, 6.45) is 4.26. The number of carbonyl (C=O) groups excluding carboxylic acids is 1. The van der Waals surface area contributed by atoms with Gasteiger partial charge in [-0.25, -0.2) is 9.78 Å². The van der Waals surface area contributed by atoms with Crippen molar-refractivity contribution in [3.8, 4) is 0 Å². The number of imidazole rings is 1. The smallest absolute Gasteiger partial charge is 0.356 e. The lowest BCUT2D eigenvalue weighted by molar-refractivity contribution is 0.0586. The summed E-state index contributed by atoms with van der Waals surface area (Å²) in [7, 11) is 1.40. The molecule has 3 aromatic rings. The summed E-state index contributed by atoms with van der Waals surface area (Å²) in [5.41, 5.74) is 4.32. The van der Waals surface area contributed by atoms with Crippen LogP contribution in [0, 0.1) is 0 Å². The molecule has 2 aromatic carbocycles. The van der Waals surface area contributed by atoms with Crippen LogP contribution in [0.1, 0.15) is 39.1 Å². The molecule has 4 nitrogen and oxygen atoms in total. The molecular formula is C20H18N2O2. The molecule has 0 saturated carbocycles. The van der Waals surface area contributed by atoms with Crippen molar-refractivity contribution in [2.45, 2.75) is 18.4 Å². The van der Waals surface area contributed by atoms with Gasteiger partial charge >= 0.3 is 5.97 Å². The minimum Gasteiger partial charge on any atom is -0.464 e. The third-order valence-corrected chi connectivity index (χ3v) is 4.78. The minimum absolute atomic E-state index is 0.0419. The van der Waals surface area contributed by atoms with Gasteiger partial charge in [0.2, 0.25) is 0 Å². The van der Waals surface area contributed by atoms with Gasteiger partial charge in [0.05, 0.1) is 25.7 Å². The summed E-state index contributed by atoms with van der Waals surface area (Å²) in [6.45, 7) is 0. The number of aromatic nitrogens is 2. The van der Waals surface area contributed by atoms with E-state index in [4.69, 9.17) is 4.74 Å². The molecule has 4 heteroatoms. The maximum Gasteiger partial charge on any atom is 0.356 e. The average molecular weight is 318 g/mol. The number of hydrogen-bond acceptors (Lipinski definition) is 3. The average Bonchev–Trinajstić information content (AvgIpc) is 3.25. The zero-order valence-electron chi connectivity index (χ0n) is 13.4. The van der Waals surface area contributed by atoms with Crippen molar-refractivity contribution in [1.82, 2.24) is 9.55 Å². The maximum absolute atomic E-state index is 12.1. The third-order valence-electron chi connectivity index (χ3n) is 4.78. The lowest BCUT2D eigenvalue weighted by atomic mass is 9.92. The van der Waals surface area contributed by atoms with Crippen LogP contribution >= 0.6 is 0 Å². The van der Waals surface area contributed by atoms with Gasteiger partial charge in [-0.15, -0.1) is 0 Å². The summed E-state index contributed by atoms with van der Waals surface area (Å²) < 4.78 is 6.88. The topological polar surface area (TPSA) is 44.1 Å². The Balaban J connectivity index is 1.86. The highest BCUT2D eigenvalue weighted by Crippen LogP contribution is 2.45. The van der Waals surface area contributed by atoms with E-state index in [1.165, 1.54) is 23.8 Å². The van der Waals surface area contributed by atoms with E-state index >= 15 is 0 Å². The quantitative estimate of drug-likeness (QED) is 0.693. The van der Waals surface area contributed by atoms with Crippen LogP contribution in [0.15, 0.2) is 67.1 Å². The molecule has 0 N–H and O–H groups in total. The lowest BCUT2D eigenvalue weighted by Crippen LogP contribution is -2.19. The molecule has 4 rings (SSSR count). The van der Waals surface area contributed by atoms with Crippen LogP contribution in [-0.4, -0.2) is 22.6 Å². The van der Waals surface area contributed by atoms with Crippen LogP contribution in [0.3, 0.4) is 0 Å². The second-order valence-electron chi connectivity index (χ2n) is 6.04. The Kier molecular flexibility index (Phi) is 3.65. The van der Waals surface area contributed by atoms with Gasteiger partial charge in [0.1, 0.15) is 5.69 Å². The number of benzene rings is 2. The van der Waals surface area contributed by atoms with Gasteiger partial charge in [-0.2, -0.15) is 0 Å². The van der Waals surface area contributed by atoms with E-state index in [9.17, 15) is 4.79 Å². The van der Waals surface area contributed by atoms with Gasteiger partial charge in [-0.3, -0.25) is 0 Å². The SMILES string of the molecule is COC(=O)c1cncn1[C@@H]1c2ccccc2C[C@H]1c1ccccc1. The van der Waals surface area contributed by atoms with Crippen molar-refractivity contribution in [3.63, 3.8) is 0 Å². The summed E-state index contributed by atoms with van der Waals surface area (Å²) >= 11 is 0. The number of hydrogen-bond donors (Lipinski definition) is 0. The molecule has 0 fully saturated rings. The van der Waals surface area contributed by atoms with Crippen molar-refractivity contribution >= 4 is 5.97 Å². The van der Waals surface area contributed by atoms with E-state index in [1.807, 2.05) is 16.7 Å². The molecule has 0 radical (unpaired) electrons. The zero-order valence-corrected chi connectivity index (χ0v) is 13.4. The Labute approximate surface area is 140 Å². The number of fused-ring (bicyclic) bond motifs is 1. The van der Waals surface area contributed by atoms with E-state index < -0.39 is 0 Å². The lowest BCUT2D eigenvalue weighted by Gasteiger charge is -2.24. The Hall–Kier alpha value is -2.88. The highest BCUT2D eigenvalue weighted by molar-refractivity contribution is 5.87. The van der Waals surface area contributed by atoms with Crippen LogP contribution in [0.4, 0.5) is 0 Å². The third kappa shape index (κ3) is 2.31. The number of ether oxygens (including phenoxy) is 1. The fraction of sp³-hybridized carbons (Fsp3) is 0.200. The molecule has 120 valence electrons. The van der Waals surface area contributed by atoms with E-state index in [1.54, 1.807) is 12.5 Å². The fourth-order valence-corrected chi connectivity index (χ4v) is 3.71. The second kappa shape index (κ2) is 5.96. The Bertz CT molecular complexity index is 870. The Morgan fingerprint density at radius 2 is 1.88 bits per heavy atom. The van der Waals surface area contributed by atoms with E-state index in [2.05, 4.69) is 47.4 Å². The first-order valence-corrected chi connectivity index (χ1v) is 8.02. The molecule has 1 heterocycles. The summed E-state index contributed by atoms with van der Waals surface area (Å²) in [4.78, 5) is 16.3. The molecule has 2 atom stereocenters. The van der Waals surface area contributed by atoms with Gasteiger partial charge in [-0.05, 0) is 23.1 Å². The first kappa shape index (κ1) is 14.7. The highest BCUT2D eigenvalue weighted by atomic mass is 16.5. The molecule has 24 heavy (non-hydrogen) atoms. The molecule has 0 spiro atoms. The number of rotatable bonds is 3. The number of esters is 1. The van der Waals surface area contributed by atoms with E-state index in [0.717, 1.165) is 6.42 Å². The largest absolute Gasteiger partial charge is 0.464 e. The van der Waals surface area contributed by atoms with Crippen molar-refractivity contribution in [1.29, 1.82) is 0 Å². The van der Waals surface area contributed by atoms with Crippen LogP contribution in [0.2, 0.25) is 0 Å². The molecule has 1 aliphatic rings. The molecule has 1 aromatic heterocycles. The molecule has 0 aliphatic heterocycles. The summed E-state index contributed by atoms with van der Waals surface area (Å²) in [5.74, 6) is -0.0927. The minimum atomic E-state index is -0.358. The van der Waals surface area contributed by atoms with Gasteiger partial charge in [0, 0.05) is 5.92 Å². The summed E-state index contributed by atoms with van der Waals surface area (Å²) in [6, 6.07) is 18.9. The normalized spacial score (nSPS) is 19.0. The first-order chi connectivity index (χ1) is 11.8. The Morgan fingerprint density at radius 3 is 2.67 bits per heavy atom. The van der Waals surface area contributed by atoms with Crippen LogP contribution in [-0.2, 0) is 11.2 Å². The van der Waals surface area contributed by atoms with Crippen molar-refractivity contribution in [2.75, 3.05) is 7.11 Å². The van der Waals surface area contributed by atoms with E-state index in [0.29, 0.717) is 5.69 Å². The van der Waals surface area contributed by atoms with Crippen molar-refractivity contribution < 1.29 is 9.53 Å². The molecule has 0 bridgehead atoms. The predicted molar refractivity (Wildman–Crippen MR) is 91.0 cm³/mol. The number of carbonyl (C=O) groups is 1. The fourth-order valence-electron chi connectivity index (χ4n) is 3.71. The van der Waals surface area contributed by atoms with Gasteiger partial charge < -0.3 is 9.30 Å².